The number of nitriles is 1. The third-order valence-electron chi connectivity index (χ3n) is 7.04. The van der Waals surface area contributed by atoms with E-state index >= 15 is 0 Å². The quantitative estimate of drug-likeness (QED) is 0.530. The van der Waals surface area contributed by atoms with Gasteiger partial charge in [0.05, 0.1) is 17.9 Å². The molecule has 1 amide bonds. The van der Waals surface area contributed by atoms with Crippen molar-refractivity contribution in [3.8, 4) is 6.07 Å². The van der Waals surface area contributed by atoms with Crippen molar-refractivity contribution >= 4 is 11.6 Å². The molecular weight excluding hydrogens is 412 g/mol. The fourth-order valence-corrected chi connectivity index (χ4v) is 5.28. The van der Waals surface area contributed by atoms with Crippen LogP contribution >= 0.6 is 0 Å². The predicted molar refractivity (Wildman–Crippen MR) is 127 cm³/mol. The lowest BCUT2D eigenvalue weighted by molar-refractivity contribution is -0.137. The Hall–Kier alpha value is -3.27. The highest BCUT2D eigenvalue weighted by Crippen LogP contribution is 2.36. The van der Waals surface area contributed by atoms with Crippen LogP contribution in [0.2, 0.25) is 0 Å². The zero-order valence-corrected chi connectivity index (χ0v) is 20.0. The summed E-state index contributed by atoms with van der Waals surface area (Å²) in [6, 6.07) is 6.53. The van der Waals surface area contributed by atoms with Gasteiger partial charge in [-0.05, 0) is 69.6 Å². The lowest BCUT2D eigenvalue weighted by atomic mass is 9.89. The van der Waals surface area contributed by atoms with Gasteiger partial charge in [0.25, 0.3) is 0 Å². The number of fused-ring (bicyclic) bond motifs is 2. The van der Waals surface area contributed by atoms with Gasteiger partial charge in [-0.2, -0.15) is 10.4 Å². The average Bonchev–Trinajstić information content (AvgIpc) is 3.25. The van der Waals surface area contributed by atoms with Gasteiger partial charge in [0.1, 0.15) is 11.6 Å². The number of rotatable bonds is 7. The van der Waals surface area contributed by atoms with E-state index < -0.39 is 0 Å². The summed E-state index contributed by atoms with van der Waals surface area (Å²) < 4.78 is 1.71. The van der Waals surface area contributed by atoms with Crippen LogP contribution in [-0.4, -0.2) is 36.4 Å². The SMILES string of the molecule is CCC(CC)N(C(=O)CCc1c(C)nc2c(C#N)cnn2c1C)[C@@H]1CCCc2cccnc21. The summed E-state index contributed by atoms with van der Waals surface area (Å²) in [4.78, 5) is 25.2. The Bertz CT molecular complexity index is 1200. The van der Waals surface area contributed by atoms with Gasteiger partial charge in [-0.3, -0.25) is 9.78 Å². The van der Waals surface area contributed by atoms with E-state index in [4.69, 9.17) is 4.98 Å². The summed E-state index contributed by atoms with van der Waals surface area (Å²) >= 11 is 0. The van der Waals surface area contributed by atoms with E-state index in [0.717, 1.165) is 54.7 Å². The standard InChI is InChI=1S/C26H32N6O/c1-5-21(6-2)31(23-11-7-9-19-10-8-14-28-25(19)23)24(33)13-12-22-17(3)30-26-20(15-27)16-29-32(26)18(22)4/h8,10,14,16,21,23H,5-7,9,11-13H2,1-4H3/t23-/m1/s1. The number of carbonyl (C=O) groups excluding carboxylic acids is 1. The summed E-state index contributed by atoms with van der Waals surface area (Å²) in [5.74, 6) is 0.171. The second kappa shape index (κ2) is 9.70. The zero-order valence-electron chi connectivity index (χ0n) is 20.0. The molecule has 3 aromatic heterocycles. The number of amides is 1. The Morgan fingerprint density at radius 3 is 2.85 bits per heavy atom. The molecule has 1 aliphatic rings. The Morgan fingerprint density at radius 1 is 1.33 bits per heavy atom. The van der Waals surface area contributed by atoms with Crippen LogP contribution in [0.4, 0.5) is 0 Å². The van der Waals surface area contributed by atoms with E-state index in [2.05, 4.69) is 41.0 Å². The lowest BCUT2D eigenvalue weighted by Crippen LogP contribution is -2.44. The normalized spacial score (nSPS) is 15.5. The van der Waals surface area contributed by atoms with Crippen molar-refractivity contribution in [2.24, 2.45) is 0 Å². The second-order valence-electron chi connectivity index (χ2n) is 8.89. The first-order chi connectivity index (χ1) is 16.0. The third-order valence-corrected chi connectivity index (χ3v) is 7.04. The van der Waals surface area contributed by atoms with Crippen LogP contribution in [0, 0.1) is 25.2 Å². The minimum atomic E-state index is 0.0412. The van der Waals surface area contributed by atoms with Crippen LogP contribution in [0.3, 0.4) is 0 Å². The van der Waals surface area contributed by atoms with Crippen molar-refractivity contribution in [3.05, 3.63) is 58.3 Å². The Kier molecular flexibility index (Phi) is 6.73. The predicted octanol–water partition coefficient (Wildman–Crippen LogP) is 4.64. The fourth-order valence-electron chi connectivity index (χ4n) is 5.28. The van der Waals surface area contributed by atoms with Crippen LogP contribution in [-0.2, 0) is 17.6 Å². The number of pyridine rings is 1. The Balaban J connectivity index is 1.62. The smallest absolute Gasteiger partial charge is 0.223 e. The highest BCUT2D eigenvalue weighted by atomic mass is 16.2. The molecular formula is C26H32N6O. The second-order valence-corrected chi connectivity index (χ2v) is 8.89. The number of hydrogen-bond donors (Lipinski definition) is 0. The van der Waals surface area contributed by atoms with Crippen LogP contribution in [0.15, 0.2) is 24.5 Å². The van der Waals surface area contributed by atoms with E-state index in [1.54, 1.807) is 10.7 Å². The molecule has 0 bridgehead atoms. The molecule has 0 saturated heterocycles. The van der Waals surface area contributed by atoms with Gasteiger partial charge in [0, 0.05) is 30.0 Å². The molecule has 1 atom stereocenters. The first kappa shape index (κ1) is 22.9. The van der Waals surface area contributed by atoms with Gasteiger partial charge >= 0.3 is 0 Å². The summed E-state index contributed by atoms with van der Waals surface area (Å²) in [6.45, 7) is 8.25. The molecule has 0 N–H and O–H groups in total. The summed E-state index contributed by atoms with van der Waals surface area (Å²) in [6.07, 6.45) is 9.33. The Labute approximate surface area is 195 Å². The molecule has 172 valence electrons. The lowest BCUT2D eigenvalue weighted by Gasteiger charge is -2.40. The first-order valence-electron chi connectivity index (χ1n) is 12.0. The number of aryl methyl sites for hydroxylation is 3. The topological polar surface area (TPSA) is 87.2 Å². The molecule has 4 rings (SSSR count). The van der Waals surface area contributed by atoms with E-state index in [9.17, 15) is 10.1 Å². The van der Waals surface area contributed by atoms with Crippen molar-refractivity contribution in [3.63, 3.8) is 0 Å². The summed E-state index contributed by atoms with van der Waals surface area (Å²) in [5, 5.41) is 13.6. The van der Waals surface area contributed by atoms with Crippen LogP contribution < -0.4 is 0 Å². The maximum atomic E-state index is 13.7. The molecule has 0 fully saturated rings. The molecule has 0 aromatic carbocycles. The first-order valence-corrected chi connectivity index (χ1v) is 12.0. The van der Waals surface area contributed by atoms with Gasteiger partial charge in [0.2, 0.25) is 5.91 Å². The average molecular weight is 445 g/mol. The molecule has 0 saturated carbocycles. The molecule has 0 aliphatic heterocycles. The molecule has 0 unspecified atom stereocenters. The Morgan fingerprint density at radius 2 is 2.12 bits per heavy atom. The monoisotopic (exact) mass is 444 g/mol. The fraction of sp³-hybridized carbons (Fsp3) is 0.500. The van der Waals surface area contributed by atoms with Gasteiger partial charge in [-0.1, -0.05) is 19.9 Å². The third kappa shape index (κ3) is 4.22. The van der Waals surface area contributed by atoms with Crippen LogP contribution in [0.1, 0.15) is 85.8 Å². The number of nitrogens with zero attached hydrogens (tertiary/aromatic N) is 6. The van der Waals surface area contributed by atoms with Gasteiger partial charge in [0.15, 0.2) is 5.65 Å². The van der Waals surface area contributed by atoms with Crippen molar-refractivity contribution < 1.29 is 4.79 Å². The number of carbonyl (C=O) groups is 1. The van der Waals surface area contributed by atoms with Crippen molar-refractivity contribution in [1.82, 2.24) is 24.5 Å². The van der Waals surface area contributed by atoms with Gasteiger partial charge in [-0.25, -0.2) is 9.50 Å². The van der Waals surface area contributed by atoms with E-state index in [1.807, 2.05) is 26.1 Å². The van der Waals surface area contributed by atoms with Gasteiger partial charge < -0.3 is 4.90 Å². The van der Waals surface area contributed by atoms with E-state index in [1.165, 1.54) is 5.56 Å². The van der Waals surface area contributed by atoms with Gasteiger partial charge in [-0.15, -0.1) is 0 Å². The number of aromatic nitrogens is 4. The molecule has 3 aromatic rings. The molecule has 3 heterocycles. The van der Waals surface area contributed by atoms with Crippen molar-refractivity contribution in [2.45, 2.75) is 84.7 Å². The minimum Gasteiger partial charge on any atom is -0.331 e. The summed E-state index contributed by atoms with van der Waals surface area (Å²) in [7, 11) is 0. The number of hydrogen-bond acceptors (Lipinski definition) is 5. The molecule has 0 spiro atoms. The maximum absolute atomic E-state index is 13.7. The molecule has 33 heavy (non-hydrogen) atoms. The largest absolute Gasteiger partial charge is 0.331 e. The van der Waals surface area contributed by atoms with Crippen LogP contribution in [0.25, 0.3) is 5.65 Å². The molecule has 7 heteroatoms. The maximum Gasteiger partial charge on any atom is 0.223 e. The molecule has 7 nitrogen and oxygen atoms in total. The van der Waals surface area contributed by atoms with Crippen molar-refractivity contribution in [2.75, 3.05) is 0 Å². The van der Waals surface area contributed by atoms with Crippen LogP contribution in [0.5, 0.6) is 0 Å². The highest BCUT2D eigenvalue weighted by Gasteiger charge is 2.33. The van der Waals surface area contributed by atoms with Crippen molar-refractivity contribution in [1.29, 1.82) is 5.26 Å². The summed E-state index contributed by atoms with van der Waals surface area (Å²) in [5.41, 5.74) is 6.19. The zero-order chi connectivity index (χ0) is 23.5. The molecule has 0 radical (unpaired) electrons. The van der Waals surface area contributed by atoms with E-state index in [0.29, 0.717) is 24.1 Å². The van der Waals surface area contributed by atoms with E-state index in [-0.39, 0.29) is 18.0 Å². The molecule has 1 aliphatic carbocycles. The minimum absolute atomic E-state index is 0.0412. The highest BCUT2D eigenvalue weighted by molar-refractivity contribution is 5.77.